The molecule has 0 saturated carbocycles. The Morgan fingerprint density at radius 2 is 1.94 bits per heavy atom. The summed E-state index contributed by atoms with van der Waals surface area (Å²) in [5, 5.41) is 0.100. The highest BCUT2D eigenvalue weighted by atomic mass is 32.2. The zero-order valence-corrected chi connectivity index (χ0v) is 12.2. The van der Waals surface area contributed by atoms with Crippen LogP contribution in [-0.4, -0.2) is 48.5 Å². The summed E-state index contributed by atoms with van der Waals surface area (Å²) in [4.78, 5) is 8.52. The van der Waals surface area contributed by atoms with Gasteiger partial charge in [-0.15, -0.1) is 0 Å². The van der Waals surface area contributed by atoms with Gasteiger partial charge in [0, 0.05) is 25.2 Å². The van der Waals surface area contributed by atoms with Crippen molar-refractivity contribution in [1.82, 2.24) is 19.6 Å². The fourth-order valence-corrected chi connectivity index (χ4v) is 2.81. The minimum Gasteiger partial charge on any atom is -0.335 e. The topological polar surface area (TPSA) is 78.1 Å². The second-order valence-corrected chi connectivity index (χ2v) is 6.47. The number of hydrogen-bond donors (Lipinski definition) is 2. The van der Waals surface area contributed by atoms with E-state index in [0.29, 0.717) is 25.2 Å². The van der Waals surface area contributed by atoms with Crippen LogP contribution < -0.4 is 4.72 Å². The van der Waals surface area contributed by atoms with E-state index in [-0.39, 0.29) is 5.03 Å². The average molecular weight is 274 g/mol. The highest BCUT2D eigenvalue weighted by molar-refractivity contribution is 7.89. The van der Waals surface area contributed by atoms with E-state index in [1.807, 2.05) is 0 Å². The first-order valence-electron chi connectivity index (χ1n) is 6.08. The highest BCUT2D eigenvalue weighted by Crippen LogP contribution is 2.05. The second-order valence-electron chi connectivity index (χ2n) is 4.74. The Bertz CT molecular complexity index is 432. The quantitative estimate of drug-likeness (QED) is 0.771. The Kier molecular flexibility index (Phi) is 5.30. The van der Waals surface area contributed by atoms with Crippen LogP contribution in [0.4, 0.5) is 0 Å². The molecule has 0 aromatic carbocycles. The summed E-state index contributed by atoms with van der Waals surface area (Å²) >= 11 is 0. The number of rotatable bonds is 7. The van der Waals surface area contributed by atoms with Crippen LogP contribution >= 0.6 is 0 Å². The lowest BCUT2D eigenvalue weighted by atomic mass is 10.2. The molecule has 0 amide bonds. The molecule has 0 aliphatic carbocycles. The molecule has 1 aromatic heterocycles. The largest absolute Gasteiger partial charge is 0.335 e. The van der Waals surface area contributed by atoms with Crippen LogP contribution in [-0.2, 0) is 10.0 Å². The Hall–Kier alpha value is -0.920. The molecule has 104 valence electrons. The zero-order chi connectivity index (χ0) is 13.8. The maximum absolute atomic E-state index is 11.8. The maximum atomic E-state index is 11.8. The van der Waals surface area contributed by atoms with Gasteiger partial charge in [0.1, 0.15) is 0 Å². The molecule has 0 atom stereocenters. The fourth-order valence-electron chi connectivity index (χ4n) is 1.89. The van der Waals surface area contributed by atoms with Crippen LogP contribution in [0, 0.1) is 0 Å². The number of aromatic nitrogens is 2. The Morgan fingerprint density at radius 3 is 2.39 bits per heavy atom. The van der Waals surface area contributed by atoms with E-state index in [9.17, 15) is 8.42 Å². The molecule has 7 heteroatoms. The van der Waals surface area contributed by atoms with E-state index < -0.39 is 10.0 Å². The molecule has 0 saturated heterocycles. The molecule has 0 spiro atoms. The number of H-pyrrole nitrogens is 1. The van der Waals surface area contributed by atoms with Crippen LogP contribution in [0.3, 0.4) is 0 Å². The minimum atomic E-state index is -3.46. The summed E-state index contributed by atoms with van der Waals surface area (Å²) in [7, 11) is -3.46. The predicted octanol–water partition coefficient (Wildman–Crippen LogP) is 0.807. The van der Waals surface area contributed by atoms with E-state index in [0.717, 1.165) is 0 Å². The summed E-state index contributed by atoms with van der Waals surface area (Å²) in [6.45, 7) is 9.47. The van der Waals surface area contributed by atoms with Crippen molar-refractivity contribution in [3.8, 4) is 0 Å². The lowest BCUT2D eigenvalue weighted by Crippen LogP contribution is -2.42. The number of nitrogens with one attached hydrogen (secondary N) is 2. The number of imidazole rings is 1. The van der Waals surface area contributed by atoms with Crippen molar-refractivity contribution in [3.63, 3.8) is 0 Å². The van der Waals surface area contributed by atoms with Crippen molar-refractivity contribution in [1.29, 1.82) is 0 Å². The molecule has 1 rings (SSSR count). The van der Waals surface area contributed by atoms with Gasteiger partial charge in [-0.2, -0.15) is 0 Å². The molecule has 1 aromatic rings. The molecule has 0 radical (unpaired) electrons. The molecule has 0 fully saturated rings. The van der Waals surface area contributed by atoms with Crippen molar-refractivity contribution < 1.29 is 8.42 Å². The van der Waals surface area contributed by atoms with Gasteiger partial charge in [-0.05, 0) is 27.7 Å². The first-order chi connectivity index (χ1) is 8.34. The predicted molar refractivity (Wildman–Crippen MR) is 70.8 cm³/mol. The van der Waals surface area contributed by atoms with Crippen LogP contribution in [0.1, 0.15) is 27.7 Å². The first-order valence-corrected chi connectivity index (χ1v) is 7.56. The number of aromatic amines is 1. The summed E-state index contributed by atoms with van der Waals surface area (Å²) in [5.41, 5.74) is 0. The molecule has 0 unspecified atom stereocenters. The monoisotopic (exact) mass is 274 g/mol. The number of hydrogen-bond acceptors (Lipinski definition) is 4. The third-order valence-corrected chi connectivity index (χ3v) is 4.14. The van der Waals surface area contributed by atoms with Gasteiger partial charge in [0.25, 0.3) is 10.0 Å². The molecule has 2 N–H and O–H groups in total. The fraction of sp³-hybridized carbons (Fsp3) is 0.727. The van der Waals surface area contributed by atoms with Crippen molar-refractivity contribution in [3.05, 3.63) is 12.5 Å². The lowest BCUT2D eigenvalue weighted by Gasteiger charge is -2.30. The third kappa shape index (κ3) is 4.08. The first kappa shape index (κ1) is 15.1. The molecule has 0 aliphatic rings. The molecular formula is C11H22N4O2S. The highest BCUT2D eigenvalue weighted by Gasteiger charge is 2.17. The smallest absolute Gasteiger partial charge is 0.257 e. The number of nitrogens with zero attached hydrogens (tertiary/aromatic N) is 2. The van der Waals surface area contributed by atoms with Crippen molar-refractivity contribution in [2.75, 3.05) is 13.1 Å². The van der Waals surface area contributed by atoms with Crippen molar-refractivity contribution in [2.45, 2.75) is 44.8 Å². The molecule has 0 aliphatic heterocycles. The molecule has 1 heterocycles. The molecule has 18 heavy (non-hydrogen) atoms. The van der Waals surface area contributed by atoms with E-state index >= 15 is 0 Å². The van der Waals surface area contributed by atoms with Gasteiger partial charge in [0.2, 0.25) is 0 Å². The van der Waals surface area contributed by atoms with E-state index in [1.54, 1.807) is 0 Å². The normalized spacial score (nSPS) is 12.8. The number of sulfonamides is 1. The maximum Gasteiger partial charge on any atom is 0.257 e. The van der Waals surface area contributed by atoms with Gasteiger partial charge in [0.15, 0.2) is 5.03 Å². The third-order valence-electron chi connectivity index (χ3n) is 2.75. The molecular weight excluding hydrogens is 252 g/mol. The van der Waals surface area contributed by atoms with E-state index in [1.165, 1.54) is 12.5 Å². The Balaban J connectivity index is 2.51. The standard InChI is InChI=1S/C11H22N4O2S/c1-9(2)15(10(3)4)6-5-14-18(16,17)11-7-12-8-13-11/h7-10,14H,5-6H2,1-4H3,(H,12,13). The van der Waals surface area contributed by atoms with E-state index in [2.05, 4.69) is 47.3 Å². The van der Waals surface area contributed by atoms with Crippen molar-refractivity contribution >= 4 is 10.0 Å². The van der Waals surface area contributed by atoms with Gasteiger partial charge in [-0.25, -0.2) is 18.1 Å². The summed E-state index contributed by atoms with van der Waals surface area (Å²) in [5.74, 6) is 0. The van der Waals surface area contributed by atoms with Crippen LogP contribution in [0.15, 0.2) is 17.6 Å². The lowest BCUT2D eigenvalue weighted by molar-refractivity contribution is 0.179. The second kappa shape index (κ2) is 6.31. The van der Waals surface area contributed by atoms with Crippen LogP contribution in [0.2, 0.25) is 0 Å². The molecule has 6 nitrogen and oxygen atoms in total. The van der Waals surface area contributed by atoms with Gasteiger partial charge in [0.05, 0.1) is 12.5 Å². The SMILES string of the molecule is CC(C)N(CCNS(=O)(=O)c1cnc[nH]1)C(C)C. The van der Waals surface area contributed by atoms with Gasteiger partial charge < -0.3 is 4.98 Å². The van der Waals surface area contributed by atoms with Crippen LogP contribution in [0.25, 0.3) is 0 Å². The van der Waals surface area contributed by atoms with E-state index in [4.69, 9.17) is 0 Å². The Labute approximate surface area is 109 Å². The molecule has 0 bridgehead atoms. The summed E-state index contributed by atoms with van der Waals surface area (Å²) in [6, 6.07) is 0.781. The minimum absolute atomic E-state index is 0.100. The summed E-state index contributed by atoms with van der Waals surface area (Å²) in [6.07, 6.45) is 2.65. The van der Waals surface area contributed by atoms with Crippen LogP contribution in [0.5, 0.6) is 0 Å². The zero-order valence-electron chi connectivity index (χ0n) is 11.3. The van der Waals surface area contributed by atoms with Gasteiger partial charge in [-0.1, -0.05) is 0 Å². The summed E-state index contributed by atoms with van der Waals surface area (Å²) < 4.78 is 26.2. The average Bonchev–Trinajstić information content (AvgIpc) is 2.76. The Morgan fingerprint density at radius 1 is 1.33 bits per heavy atom. The van der Waals surface area contributed by atoms with Gasteiger partial charge >= 0.3 is 0 Å². The van der Waals surface area contributed by atoms with Gasteiger partial charge in [-0.3, -0.25) is 4.90 Å². The van der Waals surface area contributed by atoms with Crippen molar-refractivity contribution in [2.24, 2.45) is 0 Å².